The molecular weight excluding hydrogens is 246 g/mol. The lowest BCUT2D eigenvalue weighted by atomic mass is 10.3. The molecule has 0 spiro atoms. The zero-order valence-corrected chi connectivity index (χ0v) is 9.72. The molecule has 0 aliphatic heterocycles. The van der Waals surface area contributed by atoms with Gasteiger partial charge in [-0.2, -0.15) is 0 Å². The molecule has 0 saturated heterocycles. The summed E-state index contributed by atoms with van der Waals surface area (Å²) in [4.78, 5) is 11.4. The number of rotatable bonds is 3. The average Bonchev–Trinajstić information content (AvgIpc) is 2.51. The van der Waals surface area contributed by atoms with Crippen LogP contribution in [0.15, 0.2) is 32.9 Å². The topological polar surface area (TPSA) is 42.2 Å². The molecule has 1 heterocycles. The molecule has 4 heteroatoms. The summed E-state index contributed by atoms with van der Waals surface area (Å²) < 4.78 is 5.65. The first-order chi connectivity index (χ1) is 6.59. The molecule has 3 nitrogen and oxygen atoms in total. The molecule has 0 fully saturated rings. The van der Waals surface area contributed by atoms with E-state index in [1.54, 1.807) is 12.1 Å². The quantitative estimate of drug-likeness (QED) is 0.847. The number of carbonyl (C=O) groups is 1. The number of carbonyl (C=O) groups excluding carboxylic acids is 1. The molecule has 0 aliphatic carbocycles. The monoisotopic (exact) mass is 257 g/mol. The maximum Gasteiger partial charge on any atom is 0.287 e. The maximum atomic E-state index is 11.4. The zero-order valence-electron chi connectivity index (χ0n) is 8.13. The van der Waals surface area contributed by atoms with E-state index in [1.165, 1.54) is 5.57 Å². The predicted molar refractivity (Wildman–Crippen MR) is 58.2 cm³/mol. The van der Waals surface area contributed by atoms with Crippen LogP contribution in [-0.4, -0.2) is 12.5 Å². The van der Waals surface area contributed by atoms with Crippen LogP contribution in [0.2, 0.25) is 0 Å². The van der Waals surface area contributed by atoms with Crippen LogP contribution < -0.4 is 5.32 Å². The summed E-state index contributed by atoms with van der Waals surface area (Å²) in [5.74, 6) is 0.118. The number of amides is 1. The smallest absolute Gasteiger partial charge is 0.287 e. The van der Waals surface area contributed by atoms with E-state index in [4.69, 9.17) is 4.42 Å². The lowest BCUT2D eigenvalue weighted by Gasteiger charge is -1.98. The van der Waals surface area contributed by atoms with Crippen molar-refractivity contribution >= 4 is 21.8 Å². The summed E-state index contributed by atoms with van der Waals surface area (Å²) in [7, 11) is 0. The molecule has 0 bridgehead atoms. The SMILES string of the molecule is CC(C)=CCNC(=O)c1ccc(Br)o1. The first-order valence-electron chi connectivity index (χ1n) is 4.26. The van der Waals surface area contributed by atoms with Crippen molar-refractivity contribution in [3.8, 4) is 0 Å². The molecule has 0 radical (unpaired) electrons. The Balaban J connectivity index is 2.47. The summed E-state index contributed by atoms with van der Waals surface area (Å²) in [6.07, 6.45) is 1.94. The van der Waals surface area contributed by atoms with Crippen molar-refractivity contribution in [2.75, 3.05) is 6.54 Å². The molecule has 0 aromatic carbocycles. The number of hydrogen-bond acceptors (Lipinski definition) is 2. The first kappa shape index (κ1) is 11.0. The van der Waals surface area contributed by atoms with Crippen molar-refractivity contribution in [3.05, 3.63) is 34.2 Å². The lowest BCUT2D eigenvalue weighted by molar-refractivity contribution is 0.0929. The van der Waals surface area contributed by atoms with Crippen LogP contribution in [0.25, 0.3) is 0 Å². The predicted octanol–water partition coefficient (Wildman–Crippen LogP) is 2.74. The standard InChI is InChI=1S/C10H12BrNO2/c1-7(2)5-6-12-10(13)8-3-4-9(11)14-8/h3-5H,6H2,1-2H3,(H,12,13). The van der Waals surface area contributed by atoms with Gasteiger partial charge in [-0.05, 0) is 41.9 Å². The number of allylic oxidation sites excluding steroid dienone is 1. The second-order valence-corrected chi connectivity index (χ2v) is 3.88. The van der Waals surface area contributed by atoms with Crippen LogP contribution in [-0.2, 0) is 0 Å². The summed E-state index contributed by atoms with van der Waals surface area (Å²) in [6, 6.07) is 3.32. The summed E-state index contributed by atoms with van der Waals surface area (Å²) in [5.41, 5.74) is 1.17. The van der Waals surface area contributed by atoms with Crippen molar-refractivity contribution in [3.63, 3.8) is 0 Å². The number of nitrogens with one attached hydrogen (secondary N) is 1. The van der Waals surface area contributed by atoms with Crippen molar-refractivity contribution in [2.24, 2.45) is 0 Å². The molecule has 14 heavy (non-hydrogen) atoms. The van der Waals surface area contributed by atoms with Gasteiger partial charge >= 0.3 is 0 Å². The van der Waals surface area contributed by atoms with Gasteiger partial charge in [-0.25, -0.2) is 0 Å². The van der Waals surface area contributed by atoms with Crippen LogP contribution in [0, 0.1) is 0 Å². The first-order valence-corrected chi connectivity index (χ1v) is 5.06. The number of furan rings is 1. The molecule has 1 rings (SSSR count). The van der Waals surface area contributed by atoms with Crippen LogP contribution in [0.3, 0.4) is 0 Å². The third kappa shape index (κ3) is 3.38. The van der Waals surface area contributed by atoms with Crippen LogP contribution in [0.4, 0.5) is 0 Å². The van der Waals surface area contributed by atoms with Gasteiger partial charge < -0.3 is 9.73 Å². The fourth-order valence-corrected chi connectivity index (χ4v) is 1.18. The Hall–Kier alpha value is -1.03. The Morgan fingerprint density at radius 1 is 1.57 bits per heavy atom. The maximum absolute atomic E-state index is 11.4. The zero-order chi connectivity index (χ0) is 10.6. The molecular formula is C10H12BrNO2. The van der Waals surface area contributed by atoms with E-state index in [1.807, 2.05) is 19.9 Å². The Morgan fingerprint density at radius 3 is 2.79 bits per heavy atom. The van der Waals surface area contributed by atoms with Gasteiger partial charge in [0.25, 0.3) is 5.91 Å². The van der Waals surface area contributed by atoms with Gasteiger partial charge in [-0.15, -0.1) is 0 Å². The van der Waals surface area contributed by atoms with E-state index in [0.717, 1.165) is 0 Å². The highest BCUT2D eigenvalue weighted by molar-refractivity contribution is 9.10. The Labute approximate surface area is 91.3 Å². The summed E-state index contributed by atoms with van der Waals surface area (Å²) in [5, 5.41) is 2.71. The van der Waals surface area contributed by atoms with Crippen molar-refractivity contribution in [1.29, 1.82) is 0 Å². The van der Waals surface area contributed by atoms with E-state index in [0.29, 0.717) is 17.0 Å². The highest BCUT2D eigenvalue weighted by Crippen LogP contribution is 2.13. The Bertz CT molecular complexity index is 351. The molecule has 1 N–H and O–H groups in total. The molecule has 76 valence electrons. The summed E-state index contributed by atoms with van der Waals surface area (Å²) >= 11 is 3.13. The lowest BCUT2D eigenvalue weighted by Crippen LogP contribution is -2.22. The number of halogens is 1. The van der Waals surface area contributed by atoms with Gasteiger partial charge in [-0.3, -0.25) is 4.79 Å². The Kier molecular flexibility index (Phi) is 3.95. The van der Waals surface area contributed by atoms with Gasteiger partial charge in [0, 0.05) is 6.54 Å². The largest absolute Gasteiger partial charge is 0.444 e. The minimum absolute atomic E-state index is 0.201. The molecule has 0 aliphatic rings. The molecule has 0 unspecified atom stereocenters. The van der Waals surface area contributed by atoms with E-state index >= 15 is 0 Å². The second-order valence-electron chi connectivity index (χ2n) is 3.10. The third-order valence-corrected chi connectivity index (χ3v) is 2.00. The molecule has 0 saturated carbocycles. The number of hydrogen-bond donors (Lipinski definition) is 1. The van der Waals surface area contributed by atoms with Gasteiger partial charge in [0.05, 0.1) is 0 Å². The average molecular weight is 258 g/mol. The van der Waals surface area contributed by atoms with Gasteiger partial charge in [0.15, 0.2) is 10.4 Å². The normalized spacial score (nSPS) is 9.64. The second kappa shape index (κ2) is 5.00. The molecule has 1 aromatic heterocycles. The molecule has 1 aromatic rings. The van der Waals surface area contributed by atoms with Crippen LogP contribution in [0.5, 0.6) is 0 Å². The van der Waals surface area contributed by atoms with Crippen molar-refractivity contribution in [2.45, 2.75) is 13.8 Å². The van der Waals surface area contributed by atoms with Crippen molar-refractivity contribution in [1.82, 2.24) is 5.32 Å². The minimum Gasteiger partial charge on any atom is -0.444 e. The molecule has 1 amide bonds. The highest BCUT2D eigenvalue weighted by Gasteiger charge is 2.08. The van der Waals surface area contributed by atoms with Crippen molar-refractivity contribution < 1.29 is 9.21 Å². The fourth-order valence-electron chi connectivity index (χ4n) is 0.871. The van der Waals surface area contributed by atoms with E-state index in [-0.39, 0.29) is 5.91 Å². The Morgan fingerprint density at radius 2 is 2.29 bits per heavy atom. The highest BCUT2D eigenvalue weighted by atomic mass is 79.9. The van der Waals surface area contributed by atoms with Gasteiger partial charge in [0.2, 0.25) is 0 Å². The minimum atomic E-state index is -0.201. The van der Waals surface area contributed by atoms with Crippen LogP contribution in [0.1, 0.15) is 24.4 Å². The van der Waals surface area contributed by atoms with E-state index in [9.17, 15) is 4.79 Å². The summed E-state index contributed by atoms with van der Waals surface area (Å²) in [6.45, 7) is 4.49. The van der Waals surface area contributed by atoms with Crippen LogP contribution >= 0.6 is 15.9 Å². The van der Waals surface area contributed by atoms with Gasteiger partial charge in [0.1, 0.15) is 0 Å². The van der Waals surface area contributed by atoms with E-state index in [2.05, 4.69) is 21.2 Å². The fraction of sp³-hybridized carbons (Fsp3) is 0.300. The third-order valence-electron chi connectivity index (χ3n) is 1.57. The van der Waals surface area contributed by atoms with Gasteiger partial charge in [-0.1, -0.05) is 11.6 Å². The molecule has 0 atom stereocenters. The van der Waals surface area contributed by atoms with E-state index < -0.39 is 0 Å².